The van der Waals surface area contributed by atoms with Gasteiger partial charge in [0.25, 0.3) is 0 Å². The largest absolute Gasteiger partial charge is 0.356 e. The number of piperidine rings is 1. The predicted molar refractivity (Wildman–Crippen MR) is 96.3 cm³/mol. The van der Waals surface area contributed by atoms with E-state index in [9.17, 15) is 4.79 Å². The predicted octanol–water partition coefficient (Wildman–Crippen LogP) is 1.71. The summed E-state index contributed by atoms with van der Waals surface area (Å²) >= 11 is 0. The van der Waals surface area contributed by atoms with Crippen LogP contribution in [-0.4, -0.2) is 45.3 Å². The maximum atomic E-state index is 12.5. The van der Waals surface area contributed by atoms with Crippen LogP contribution in [0.1, 0.15) is 30.7 Å². The van der Waals surface area contributed by atoms with E-state index in [0.717, 1.165) is 49.6 Å². The second-order valence-corrected chi connectivity index (χ2v) is 6.64. The number of hydrogen-bond donors (Lipinski definition) is 1. The summed E-state index contributed by atoms with van der Waals surface area (Å²) < 4.78 is 2.00. The van der Waals surface area contributed by atoms with E-state index in [1.807, 2.05) is 11.6 Å². The molecule has 0 bridgehead atoms. The fraction of sp³-hybridized carbons (Fsp3) is 0.556. The molecule has 1 aliphatic rings. The zero-order valence-electron chi connectivity index (χ0n) is 15.0. The monoisotopic (exact) mass is 342 g/mol. The minimum Gasteiger partial charge on any atom is -0.356 e. The van der Waals surface area contributed by atoms with Crippen molar-refractivity contribution in [3.05, 3.63) is 36.0 Å². The SMILES string of the molecule is Cc1cc(C)n(CCCNC(=O)C2CCCN(c3cnccn3)C2)n1. The molecule has 1 unspecified atom stereocenters. The van der Waals surface area contributed by atoms with Gasteiger partial charge in [0.05, 0.1) is 17.8 Å². The molecule has 2 aromatic rings. The normalized spacial score (nSPS) is 17.5. The zero-order chi connectivity index (χ0) is 17.6. The Labute approximate surface area is 148 Å². The van der Waals surface area contributed by atoms with Crippen molar-refractivity contribution in [3.63, 3.8) is 0 Å². The number of anilines is 1. The summed E-state index contributed by atoms with van der Waals surface area (Å²) in [5.74, 6) is 1.01. The van der Waals surface area contributed by atoms with Crippen molar-refractivity contribution in [2.75, 3.05) is 24.5 Å². The molecule has 2 aromatic heterocycles. The standard InChI is InChI=1S/C18H26N6O/c1-14-11-15(2)24(22-14)10-4-6-21-18(25)16-5-3-9-23(13-16)17-12-19-7-8-20-17/h7-8,11-12,16H,3-6,9-10,13H2,1-2H3,(H,21,25). The van der Waals surface area contributed by atoms with Gasteiger partial charge in [0.1, 0.15) is 5.82 Å². The van der Waals surface area contributed by atoms with Gasteiger partial charge in [-0.1, -0.05) is 0 Å². The van der Waals surface area contributed by atoms with Gasteiger partial charge in [-0.2, -0.15) is 5.10 Å². The van der Waals surface area contributed by atoms with Crippen LogP contribution in [-0.2, 0) is 11.3 Å². The number of nitrogens with one attached hydrogen (secondary N) is 1. The van der Waals surface area contributed by atoms with Crippen molar-refractivity contribution in [1.29, 1.82) is 0 Å². The Morgan fingerprint density at radius 3 is 2.96 bits per heavy atom. The van der Waals surface area contributed by atoms with E-state index in [0.29, 0.717) is 13.1 Å². The Kier molecular flexibility index (Phi) is 5.63. The van der Waals surface area contributed by atoms with Gasteiger partial charge in [0, 0.05) is 44.3 Å². The first-order valence-corrected chi connectivity index (χ1v) is 8.93. The van der Waals surface area contributed by atoms with E-state index in [-0.39, 0.29) is 11.8 Å². The number of nitrogens with zero attached hydrogens (tertiary/aromatic N) is 5. The van der Waals surface area contributed by atoms with E-state index >= 15 is 0 Å². The molecule has 25 heavy (non-hydrogen) atoms. The molecule has 1 fully saturated rings. The van der Waals surface area contributed by atoms with Crippen LogP contribution in [0.2, 0.25) is 0 Å². The molecule has 1 N–H and O–H groups in total. The van der Waals surface area contributed by atoms with Crippen molar-refractivity contribution in [1.82, 2.24) is 25.1 Å². The molecule has 1 atom stereocenters. The lowest BCUT2D eigenvalue weighted by molar-refractivity contribution is -0.125. The number of hydrogen-bond acceptors (Lipinski definition) is 5. The van der Waals surface area contributed by atoms with E-state index in [1.54, 1.807) is 18.6 Å². The topological polar surface area (TPSA) is 75.9 Å². The van der Waals surface area contributed by atoms with Gasteiger partial charge in [-0.05, 0) is 39.2 Å². The Bertz CT molecular complexity index is 699. The van der Waals surface area contributed by atoms with Crippen molar-refractivity contribution in [2.45, 2.75) is 39.7 Å². The number of aryl methyl sites for hydroxylation is 3. The molecular weight excluding hydrogens is 316 g/mol. The lowest BCUT2D eigenvalue weighted by atomic mass is 9.97. The Morgan fingerprint density at radius 2 is 2.24 bits per heavy atom. The second kappa shape index (κ2) is 8.09. The summed E-state index contributed by atoms with van der Waals surface area (Å²) in [5, 5.41) is 7.52. The number of aromatic nitrogens is 4. The highest BCUT2D eigenvalue weighted by molar-refractivity contribution is 5.79. The minimum atomic E-state index is 0.0180. The molecule has 3 rings (SSSR count). The van der Waals surface area contributed by atoms with Crippen LogP contribution in [0.25, 0.3) is 0 Å². The number of carbonyl (C=O) groups is 1. The molecular formula is C18H26N6O. The summed E-state index contributed by atoms with van der Waals surface area (Å²) in [6.07, 6.45) is 7.93. The maximum Gasteiger partial charge on any atom is 0.224 e. The lowest BCUT2D eigenvalue weighted by Crippen LogP contribution is -2.43. The molecule has 7 nitrogen and oxygen atoms in total. The molecule has 134 valence electrons. The fourth-order valence-electron chi connectivity index (χ4n) is 3.34. The molecule has 0 saturated carbocycles. The van der Waals surface area contributed by atoms with Crippen LogP contribution in [0.5, 0.6) is 0 Å². The maximum absolute atomic E-state index is 12.5. The first-order chi connectivity index (χ1) is 12.1. The van der Waals surface area contributed by atoms with Crippen molar-refractivity contribution in [2.24, 2.45) is 5.92 Å². The molecule has 3 heterocycles. The highest BCUT2D eigenvalue weighted by Crippen LogP contribution is 2.20. The minimum absolute atomic E-state index is 0.0180. The Morgan fingerprint density at radius 1 is 1.36 bits per heavy atom. The smallest absolute Gasteiger partial charge is 0.224 e. The molecule has 7 heteroatoms. The Balaban J connectivity index is 1.44. The average Bonchev–Trinajstić information content (AvgIpc) is 2.96. The van der Waals surface area contributed by atoms with E-state index in [1.165, 1.54) is 0 Å². The lowest BCUT2D eigenvalue weighted by Gasteiger charge is -2.32. The van der Waals surface area contributed by atoms with Gasteiger partial charge in [-0.3, -0.25) is 14.5 Å². The van der Waals surface area contributed by atoms with Crippen LogP contribution in [0, 0.1) is 19.8 Å². The van der Waals surface area contributed by atoms with Crippen LogP contribution >= 0.6 is 0 Å². The van der Waals surface area contributed by atoms with Crippen LogP contribution < -0.4 is 10.2 Å². The van der Waals surface area contributed by atoms with Gasteiger partial charge in [-0.15, -0.1) is 0 Å². The molecule has 1 saturated heterocycles. The zero-order valence-corrected chi connectivity index (χ0v) is 15.0. The molecule has 1 aliphatic heterocycles. The number of amides is 1. The summed E-state index contributed by atoms with van der Waals surface area (Å²) in [6.45, 7) is 7.20. The van der Waals surface area contributed by atoms with Crippen molar-refractivity contribution in [3.8, 4) is 0 Å². The second-order valence-electron chi connectivity index (χ2n) is 6.64. The Hall–Kier alpha value is -2.44. The third kappa shape index (κ3) is 4.55. The average molecular weight is 342 g/mol. The van der Waals surface area contributed by atoms with Gasteiger partial charge in [0.15, 0.2) is 0 Å². The first kappa shape index (κ1) is 17.4. The number of rotatable bonds is 6. The van der Waals surface area contributed by atoms with Gasteiger partial charge in [-0.25, -0.2) is 4.98 Å². The van der Waals surface area contributed by atoms with Gasteiger partial charge >= 0.3 is 0 Å². The summed E-state index contributed by atoms with van der Waals surface area (Å²) in [4.78, 5) is 23.1. The molecule has 0 radical (unpaired) electrons. The summed E-state index contributed by atoms with van der Waals surface area (Å²) in [5.41, 5.74) is 2.20. The van der Waals surface area contributed by atoms with Crippen LogP contribution in [0.4, 0.5) is 5.82 Å². The van der Waals surface area contributed by atoms with Crippen molar-refractivity contribution >= 4 is 11.7 Å². The number of carbonyl (C=O) groups excluding carboxylic acids is 1. The fourth-order valence-corrected chi connectivity index (χ4v) is 3.34. The molecule has 0 aliphatic carbocycles. The van der Waals surface area contributed by atoms with E-state index < -0.39 is 0 Å². The third-order valence-electron chi connectivity index (χ3n) is 4.62. The summed E-state index contributed by atoms with van der Waals surface area (Å²) in [6, 6.07) is 2.07. The van der Waals surface area contributed by atoms with Crippen LogP contribution in [0.3, 0.4) is 0 Å². The third-order valence-corrected chi connectivity index (χ3v) is 4.62. The highest BCUT2D eigenvalue weighted by Gasteiger charge is 2.26. The van der Waals surface area contributed by atoms with E-state index in [2.05, 4.69) is 38.3 Å². The van der Waals surface area contributed by atoms with E-state index in [4.69, 9.17) is 0 Å². The van der Waals surface area contributed by atoms with Crippen molar-refractivity contribution < 1.29 is 4.79 Å². The quantitative estimate of drug-likeness (QED) is 0.809. The molecule has 1 amide bonds. The van der Waals surface area contributed by atoms with Crippen LogP contribution in [0.15, 0.2) is 24.7 Å². The first-order valence-electron chi connectivity index (χ1n) is 8.93. The molecule has 0 spiro atoms. The van der Waals surface area contributed by atoms with Gasteiger partial charge in [0.2, 0.25) is 5.91 Å². The highest BCUT2D eigenvalue weighted by atomic mass is 16.1. The van der Waals surface area contributed by atoms with Gasteiger partial charge < -0.3 is 10.2 Å². The molecule has 0 aromatic carbocycles. The summed E-state index contributed by atoms with van der Waals surface area (Å²) in [7, 11) is 0.